The first-order valence-electron chi connectivity index (χ1n) is 6.03. The van der Waals surface area contributed by atoms with Crippen molar-refractivity contribution in [2.24, 2.45) is 0 Å². The molecule has 0 saturated carbocycles. The van der Waals surface area contributed by atoms with Crippen LogP contribution in [0.3, 0.4) is 0 Å². The van der Waals surface area contributed by atoms with Crippen molar-refractivity contribution in [2.45, 2.75) is 51.0 Å². The molecule has 1 aromatic heterocycles. The molecule has 0 aromatic carbocycles. The van der Waals surface area contributed by atoms with E-state index in [0.717, 1.165) is 9.75 Å². The lowest BCUT2D eigenvalue weighted by atomic mass is 10.1. The first kappa shape index (κ1) is 16.1. The maximum Gasteiger partial charge on any atom is 0.303 e. The van der Waals surface area contributed by atoms with Crippen LogP contribution in [0.15, 0.2) is 11.0 Å². The molecule has 0 radical (unpaired) electrons. The molecule has 108 valence electrons. The molecule has 0 aliphatic rings. The van der Waals surface area contributed by atoms with Gasteiger partial charge >= 0.3 is 5.97 Å². The third-order valence-electron chi connectivity index (χ3n) is 2.67. The standard InChI is InChI=1S/C12H19NO4S2/c1-8(5-4-6-12(14)15)13-19(16,17)11-7-9(2)18-10(11)3/h7-8,13H,4-6H2,1-3H3,(H,14,15). The fraction of sp³-hybridized carbons (Fsp3) is 0.583. The number of hydrogen-bond donors (Lipinski definition) is 2. The highest BCUT2D eigenvalue weighted by atomic mass is 32.2. The van der Waals surface area contributed by atoms with Crippen molar-refractivity contribution in [2.75, 3.05) is 0 Å². The Labute approximate surface area is 117 Å². The molecule has 1 rings (SSSR count). The predicted molar refractivity (Wildman–Crippen MR) is 75.1 cm³/mol. The van der Waals surface area contributed by atoms with Crippen LogP contribution in [0.4, 0.5) is 0 Å². The molecular weight excluding hydrogens is 286 g/mol. The molecule has 1 unspecified atom stereocenters. The summed E-state index contributed by atoms with van der Waals surface area (Å²) >= 11 is 1.45. The number of aryl methyl sites for hydroxylation is 2. The molecule has 7 heteroatoms. The summed E-state index contributed by atoms with van der Waals surface area (Å²) in [4.78, 5) is 12.4. The van der Waals surface area contributed by atoms with E-state index in [2.05, 4.69) is 4.72 Å². The van der Waals surface area contributed by atoms with Crippen LogP contribution in [-0.4, -0.2) is 25.5 Å². The van der Waals surface area contributed by atoms with Gasteiger partial charge in [-0.05, 0) is 39.7 Å². The fourth-order valence-electron chi connectivity index (χ4n) is 1.82. The molecule has 0 amide bonds. The first-order valence-corrected chi connectivity index (χ1v) is 8.33. The molecule has 1 atom stereocenters. The molecule has 2 N–H and O–H groups in total. The largest absolute Gasteiger partial charge is 0.481 e. The maximum absolute atomic E-state index is 12.2. The maximum atomic E-state index is 12.2. The van der Waals surface area contributed by atoms with Gasteiger partial charge in [-0.3, -0.25) is 4.79 Å². The summed E-state index contributed by atoms with van der Waals surface area (Å²) in [6.45, 7) is 5.39. The number of hydrogen-bond acceptors (Lipinski definition) is 4. The average molecular weight is 305 g/mol. The van der Waals surface area contributed by atoms with E-state index in [1.54, 1.807) is 19.9 Å². The van der Waals surface area contributed by atoms with E-state index in [-0.39, 0.29) is 12.5 Å². The highest BCUT2D eigenvalue weighted by Crippen LogP contribution is 2.25. The SMILES string of the molecule is Cc1cc(S(=O)(=O)NC(C)CCCC(=O)O)c(C)s1. The monoisotopic (exact) mass is 305 g/mol. The molecule has 0 aliphatic heterocycles. The number of carboxylic acids is 1. The quantitative estimate of drug-likeness (QED) is 0.809. The molecule has 0 fully saturated rings. The van der Waals surface area contributed by atoms with Crippen molar-refractivity contribution in [3.8, 4) is 0 Å². The molecule has 0 aliphatic carbocycles. The Morgan fingerprint density at radius 1 is 1.47 bits per heavy atom. The first-order chi connectivity index (χ1) is 8.72. The van der Waals surface area contributed by atoms with Gasteiger partial charge in [-0.1, -0.05) is 0 Å². The molecule has 0 spiro atoms. The van der Waals surface area contributed by atoms with Gasteiger partial charge < -0.3 is 5.11 Å². The van der Waals surface area contributed by atoms with Gasteiger partial charge in [0.1, 0.15) is 0 Å². The van der Waals surface area contributed by atoms with Gasteiger partial charge in [0.25, 0.3) is 0 Å². The summed E-state index contributed by atoms with van der Waals surface area (Å²) < 4.78 is 26.9. The van der Waals surface area contributed by atoms with Gasteiger partial charge in [-0.25, -0.2) is 13.1 Å². The van der Waals surface area contributed by atoms with Gasteiger partial charge in [-0.2, -0.15) is 0 Å². The highest BCUT2D eigenvalue weighted by molar-refractivity contribution is 7.89. The summed E-state index contributed by atoms with van der Waals surface area (Å²) in [5, 5.41) is 8.54. The van der Waals surface area contributed by atoms with Crippen molar-refractivity contribution in [3.05, 3.63) is 15.8 Å². The second-order valence-corrected chi connectivity index (χ2v) is 7.73. The number of nitrogens with one attached hydrogen (secondary N) is 1. The zero-order chi connectivity index (χ0) is 14.6. The second kappa shape index (κ2) is 6.49. The third kappa shape index (κ3) is 4.93. The average Bonchev–Trinajstić information content (AvgIpc) is 2.57. The van der Waals surface area contributed by atoms with E-state index in [1.807, 2.05) is 6.92 Å². The third-order valence-corrected chi connectivity index (χ3v) is 5.48. The normalized spacial score (nSPS) is 13.4. The lowest BCUT2D eigenvalue weighted by molar-refractivity contribution is -0.137. The molecule has 19 heavy (non-hydrogen) atoms. The zero-order valence-electron chi connectivity index (χ0n) is 11.3. The fourth-order valence-corrected chi connectivity index (χ4v) is 4.65. The van der Waals surface area contributed by atoms with Crippen molar-refractivity contribution >= 4 is 27.3 Å². The minimum Gasteiger partial charge on any atom is -0.481 e. The van der Waals surface area contributed by atoms with E-state index in [1.165, 1.54) is 11.3 Å². The van der Waals surface area contributed by atoms with Crippen molar-refractivity contribution in [1.82, 2.24) is 4.72 Å². The predicted octanol–water partition coefficient (Wildman–Crippen LogP) is 2.29. The Kier molecular flexibility index (Phi) is 5.51. The van der Waals surface area contributed by atoms with Gasteiger partial charge in [0.2, 0.25) is 10.0 Å². The van der Waals surface area contributed by atoms with E-state index in [9.17, 15) is 13.2 Å². The molecule has 0 saturated heterocycles. The number of sulfonamides is 1. The number of carbonyl (C=O) groups is 1. The zero-order valence-corrected chi connectivity index (χ0v) is 12.9. The summed E-state index contributed by atoms with van der Waals surface area (Å²) in [6.07, 6.45) is 1.02. The van der Waals surface area contributed by atoms with Crippen LogP contribution in [0.5, 0.6) is 0 Å². The molecule has 1 aromatic rings. The topological polar surface area (TPSA) is 83.5 Å². The van der Waals surface area contributed by atoms with E-state index in [0.29, 0.717) is 17.7 Å². The summed E-state index contributed by atoms with van der Waals surface area (Å²) in [7, 11) is -3.51. The van der Waals surface area contributed by atoms with Gasteiger partial charge in [0.15, 0.2) is 0 Å². The lowest BCUT2D eigenvalue weighted by Crippen LogP contribution is -2.32. The Bertz CT molecular complexity index is 548. The summed E-state index contributed by atoms with van der Waals surface area (Å²) in [5.41, 5.74) is 0. The number of rotatable bonds is 7. The summed E-state index contributed by atoms with van der Waals surface area (Å²) in [6, 6.07) is 1.38. The molecule has 0 bridgehead atoms. The van der Waals surface area contributed by atoms with Gasteiger partial charge in [-0.15, -0.1) is 11.3 Å². The minimum atomic E-state index is -3.51. The van der Waals surface area contributed by atoms with Crippen LogP contribution in [0.2, 0.25) is 0 Å². The number of carboxylic acid groups (broad SMARTS) is 1. The van der Waals surface area contributed by atoms with Crippen LogP contribution >= 0.6 is 11.3 Å². The molecule has 1 heterocycles. The van der Waals surface area contributed by atoms with Crippen LogP contribution in [-0.2, 0) is 14.8 Å². The number of aliphatic carboxylic acids is 1. The van der Waals surface area contributed by atoms with Crippen molar-refractivity contribution < 1.29 is 18.3 Å². The minimum absolute atomic E-state index is 0.0582. The smallest absolute Gasteiger partial charge is 0.303 e. The van der Waals surface area contributed by atoms with E-state index >= 15 is 0 Å². The highest BCUT2D eigenvalue weighted by Gasteiger charge is 2.21. The number of thiophene rings is 1. The summed E-state index contributed by atoms with van der Waals surface area (Å²) in [5.74, 6) is -0.862. The van der Waals surface area contributed by atoms with E-state index < -0.39 is 16.0 Å². The Hall–Kier alpha value is -0.920. The Morgan fingerprint density at radius 3 is 2.58 bits per heavy atom. The Morgan fingerprint density at radius 2 is 2.11 bits per heavy atom. The van der Waals surface area contributed by atoms with Crippen molar-refractivity contribution in [1.29, 1.82) is 0 Å². The van der Waals surface area contributed by atoms with Crippen LogP contribution < -0.4 is 4.72 Å². The van der Waals surface area contributed by atoms with Crippen molar-refractivity contribution in [3.63, 3.8) is 0 Å². The Balaban J connectivity index is 2.64. The van der Waals surface area contributed by atoms with Crippen LogP contribution in [0, 0.1) is 13.8 Å². The van der Waals surface area contributed by atoms with Crippen LogP contribution in [0.1, 0.15) is 35.9 Å². The van der Waals surface area contributed by atoms with E-state index in [4.69, 9.17) is 5.11 Å². The molecular formula is C12H19NO4S2. The lowest BCUT2D eigenvalue weighted by Gasteiger charge is -2.13. The second-order valence-electron chi connectivity index (χ2n) is 4.59. The molecule has 5 nitrogen and oxygen atoms in total. The van der Waals surface area contributed by atoms with Gasteiger partial charge in [0, 0.05) is 22.2 Å². The van der Waals surface area contributed by atoms with Crippen LogP contribution in [0.25, 0.3) is 0 Å². The van der Waals surface area contributed by atoms with Gasteiger partial charge in [0.05, 0.1) is 4.90 Å².